The SMILES string of the molecule is CCn1c2c(c3ccnc(C)c31)=CC(Cl)C(C)C=2c1ccc(Cl)cc1. The van der Waals surface area contributed by atoms with E-state index in [2.05, 4.69) is 54.6 Å². The summed E-state index contributed by atoms with van der Waals surface area (Å²) in [4.78, 5) is 4.51. The molecule has 1 aliphatic carbocycles. The fourth-order valence-electron chi connectivity index (χ4n) is 3.98. The summed E-state index contributed by atoms with van der Waals surface area (Å²) < 4.78 is 2.38. The van der Waals surface area contributed by atoms with Crippen LogP contribution >= 0.6 is 23.2 Å². The van der Waals surface area contributed by atoms with E-state index < -0.39 is 0 Å². The number of halogens is 2. The molecule has 25 heavy (non-hydrogen) atoms. The molecule has 2 unspecified atom stereocenters. The first kappa shape index (κ1) is 16.7. The molecule has 2 aromatic heterocycles. The molecule has 2 nitrogen and oxygen atoms in total. The standard InChI is InChI=1S/C21H20Cl2N2/c1-4-25-20-13(3)24-10-9-16(20)17-11-18(23)12(2)19(21(17)25)14-5-7-15(22)8-6-14/h5-12,18H,4H2,1-3H3. The van der Waals surface area contributed by atoms with Crippen molar-refractivity contribution in [2.24, 2.45) is 5.92 Å². The third-order valence-corrected chi connectivity index (χ3v) is 5.93. The van der Waals surface area contributed by atoms with E-state index in [4.69, 9.17) is 23.2 Å². The van der Waals surface area contributed by atoms with Gasteiger partial charge in [-0.2, -0.15) is 0 Å². The monoisotopic (exact) mass is 370 g/mol. The fraction of sp³-hybridized carbons (Fsp3) is 0.286. The second kappa shape index (κ2) is 6.19. The Kier molecular flexibility index (Phi) is 4.13. The number of pyridine rings is 1. The Morgan fingerprint density at radius 3 is 2.56 bits per heavy atom. The molecule has 0 spiro atoms. The maximum atomic E-state index is 6.74. The molecule has 0 radical (unpaired) electrons. The average Bonchev–Trinajstić information content (AvgIpc) is 2.92. The lowest BCUT2D eigenvalue weighted by molar-refractivity contribution is 0.724. The van der Waals surface area contributed by atoms with Gasteiger partial charge in [0.2, 0.25) is 0 Å². The highest BCUT2D eigenvalue weighted by atomic mass is 35.5. The highest BCUT2D eigenvalue weighted by Gasteiger charge is 2.26. The minimum absolute atomic E-state index is 0.0393. The zero-order valence-electron chi connectivity index (χ0n) is 14.6. The molecule has 4 rings (SSSR count). The lowest BCUT2D eigenvalue weighted by Crippen LogP contribution is -2.39. The number of benzene rings is 1. The van der Waals surface area contributed by atoms with E-state index in [1.807, 2.05) is 18.3 Å². The molecule has 2 atom stereocenters. The van der Waals surface area contributed by atoms with Crippen LogP contribution < -0.4 is 10.6 Å². The van der Waals surface area contributed by atoms with Gasteiger partial charge in [-0.15, -0.1) is 11.6 Å². The van der Waals surface area contributed by atoms with E-state index in [9.17, 15) is 0 Å². The molecule has 2 heterocycles. The highest BCUT2D eigenvalue weighted by Crippen LogP contribution is 2.30. The van der Waals surface area contributed by atoms with Crippen molar-refractivity contribution in [3.63, 3.8) is 0 Å². The van der Waals surface area contributed by atoms with Crippen LogP contribution in [0.15, 0.2) is 36.5 Å². The Balaban J connectivity index is 2.24. The number of aryl methyl sites for hydroxylation is 2. The van der Waals surface area contributed by atoms with Gasteiger partial charge in [0.15, 0.2) is 0 Å². The number of hydrogen-bond donors (Lipinski definition) is 0. The molecule has 128 valence electrons. The Morgan fingerprint density at radius 1 is 1.16 bits per heavy atom. The molecule has 0 saturated carbocycles. The molecule has 0 saturated heterocycles. The van der Waals surface area contributed by atoms with Crippen LogP contribution in [-0.4, -0.2) is 14.9 Å². The molecule has 1 aliphatic rings. The summed E-state index contributed by atoms with van der Waals surface area (Å²) in [6.07, 6.45) is 4.09. The fourth-order valence-corrected chi connectivity index (χ4v) is 4.36. The molecule has 4 heteroatoms. The number of fused-ring (bicyclic) bond motifs is 3. The molecule has 0 bridgehead atoms. The largest absolute Gasteiger partial charge is 0.339 e. The van der Waals surface area contributed by atoms with Gasteiger partial charge in [0, 0.05) is 34.3 Å². The van der Waals surface area contributed by atoms with Crippen LogP contribution in [0.4, 0.5) is 0 Å². The molecule has 0 aliphatic heterocycles. The lowest BCUT2D eigenvalue weighted by atomic mass is 9.87. The van der Waals surface area contributed by atoms with Crippen molar-refractivity contribution in [3.8, 4) is 0 Å². The van der Waals surface area contributed by atoms with E-state index >= 15 is 0 Å². The van der Waals surface area contributed by atoms with Gasteiger partial charge in [-0.05, 0) is 43.2 Å². The van der Waals surface area contributed by atoms with Crippen molar-refractivity contribution in [2.75, 3.05) is 0 Å². The summed E-state index contributed by atoms with van der Waals surface area (Å²) in [5, 5.41) is 4.43. The normalized spacial score (nSPS) is 19.8. The molecular weight excluding hydrogens is 351 g/mol. The van der Waals surface area contributed by atoms with Crippen LogP contribution in [0.25, 0.3) is 22.6 Å². The first-order valence-corrected chi connectivity index (χ1v) is 9.44. The Bertz CT molecular complexity index is 1080. The molecular formula is C21H20Cl2N2. The van der Waals surface area contributed by atoms with Gasteiger partial charge >= 0.3 is 0 Å². The zero-order chi connectivity index (χ0) is 17.7. The van der Waals surface area contributed by atoms with Crippen LogP contribution in [0, 0.1) is 12.8 Å². The maximum Gasteiger partial charge on any atom is 0.0707 e. The van der Waals surface area contributed by atoms with Crippen LogP contribution in [0.1, 0.15) is 25.1 Å². The number of alkyl halides is 1. The van der Waals surface area contributed by atoms with Crippen molar-refractivity contribution < 1.29 is 0 Å². The van der Waals surface area contributed by atoms with Crippen molar-refractivity contribution >= 4 is 45.8 Å². The summed E-state index contributed by atoms with van der Waals surface area (Å²) in [5.74, 6) is 0.221. The maximum absolute atomic E-state index is 6.74. The molecule has 3 aromatic rings. The van der Waals surface area contributed by atoms with Gasteiger partial charge in [-0.25, -0.2) is 0 Å². The number of aromatic nitrogens is 2. The number of hydrogen-bond acceptors (Lipinski definition) is 1. The summed E-state index contributed by atoms with van der Waals surface area (Å²) in [6.45, 7) is 7.35. The quantitative estimate of drug-likeness (QED) is 0.616. The summed E-state index contributed by atoms with van der Waals surface area (Å²) in [5.41, 5.74) is 4.72. The van der Waals surface area contributed by atoms with E-state index in [0.29, 0.717) is 0 Å². The van der Waals surface area contributed by atoms with Crippen LogP contribution in [0.5, 0.6) is 0 Å². The second-order valence-electron chi connectivity index (χ2n) is 6.62. The topological polar surface area (TPSA) is 17.8 Å². The predicted octanol–water partition coefficient (Wildman–Crippen LogP) is 4.25. The highest BCUT2D eigenvalue weighted by molar-refractivity contribution is 6.30. The van der Waals surface area contributed by atoms with Gasteiger partial charge in [0.05, 0.1) is 21.9 Å². The van der Waals surface area contributed by atoms with E-state index in [0.717, 1.165) is 17.3 Å². The average molecular weight is 371 g/mol. The van der Waals surface area contributed by atoms with Crippen LogP contribution in [0.3, 0.4) is 0 Å². The smallest absolute Gasteiger partial charge is 0.0707 e. The lowest BCUT2D eigenvalue weighted by Gasteiger charge is -2.23. The van der Waals surface area contributed by atoms with Crippen molar-refractivity contribution in [3.05, 3.63) is 63.4 Å². The van der Waals surface area contributed by atoms with Crippen molar-refractivity contribution in [1.82, 2.24) is 9.55 Å². The van der Waals surface area contributed by atoms with Gasteiger partial charge < -0.3 is 4.57 Å². The van der Waals surface area contributed by atoms with Gasteiger partial charge in [0.1, 0.15) is 0 Å². The van der Waals surface area contributed by atoms with Gasteiger partial charge in [-0.3, -0.25) is 4.98 Å². The third kappa shape index (κ3) is 2.51. The summed E-state index contributed by atoms with van der Waals surface area (Å²) in [7, 11) is 0. The second-order valence-corrected chi connectivity index (χ2v) is 7.56. The third-order valence-electron chi connectivity index (χ3n) is 5.18. The molecule has 0 fully saturated rings. The molecule has 1 aromatic carbocycles. The first-order valence-electron chi connectivity index (χ1n) is 8.62. The molecule has 0 amide bonds. The van der Waals surface area contributed by atoms with Gasteiger partial charge in [0.25, 0.3) is 0 Å². The minimum Gasteiger partial charge on any atom is -0.339 e. The van der Waals surface area contributed by atoms with E-state index in [-0.39, 0.29) is 11.3 Å². The molecule has 0 N–H and O–H groups in total. The van der Waals surface area contributed by atoms with Crippen LogP contribution in [-0.2, 0) is 6.54 Å². The van der Waals surface area contributed by atoms with Crippen molar-refractivity contribution in [2.45, 2.75) is 32.7 Å². The Morgan fingerprint density at radius 2 is 1.88 bits per heavy atom. The zero-order valence-corrected chi connectivity index (χ0v) is 16.1. The number of nitrogens with zero attached hydrogens (tertiary/aromatic N) is 2. The summed E-state index contributed by atoms with van der Waals surface area (Å²) in [6, 6.07) is 10.2. The van der Waals surface area contributed by atoms with Crippen molar-refractivity contribution in [1.29, 1.82) is 0 Å². The first-order chi connectivity index (χ1) is 12.0. The Hall–Kier alpha value is -1.77. The summed E-state index contributed by atoms with van der Waals surface area (Å²) >= 11 is 12.8. The van der Waals surface area contributed by atoms with E-state index in [1.165, 1.54) is 32.6 Å². The minimum atomic E-state index is -0.0393. The van der Waals surface area contributed by atoms with Crippen LogP contribution in [0.2, 0.25) is 5.02 Å². The van der Waals surface area contributed by atoms with E-state index in [1.54, 1.807) is 0 Å². The Labute approximate surface area is 157 Å². The predicted molar refractivity (Wildman–Crippen MR) is 107 cm³/mol. The number of rotatable bonds is 2. The van der Waals surface area contributed by atoms with Gasteiger partial charge in [-0.1, -0.05) is 36.7 Å².